The predicted molar refractivity (Wildman–Crippen MR) is 99.3 cm³/mol. The molecule has 2 atom stereocenters. The summed E-state index contributed by atoms with van der Waals surface area (Å²) in [7, 11) is 3.90. The Morgan fingerprint density at radius 1 is 1.21 bits per heavy atom. The van der Waals surface area contributed by atoms with Crippen molar-refractivity contribution in [2.75, 3.05) is 40.5 Å². The van der Waals surface area contributed by atoms with Crippen molar-refractivity contribution < 1.29 is 34.0 Å². The minimum absolute atomic E-state index is 0.0349. The quantitative estimate of drug-likeness (QED) is 0.741. The summed E-state index contributed by atoms with van der Waals surface area (Å²) >= 11 is 0. The largest absolute Gasteiger partial charge is 0.497 e. The maximum Gasteiger partial charge on any atom is 0.328 e. The minimum atomic E-state index is -1.26. The van der Waals surface area contributed by atoms with E-state index in [1.807, 2.05) is 6.07 Å². The number of benzene rings is 1. The molecule has 3 fully saturated rings. The van der Waals surface area contributed by atoms with Gasteiger partial charge in [0.2, 0.25) is 0 Å². The number of hydrogen-bond acceptors (Lipinski definition) is 6. The lowest BCUT2D eigenvalue weighted by atomic mass is 9.53. The van der Waals surface area contributed by atoms with Gasteiger partial charge in [-0.1, -0.05) is 12.1 Å². The molecule has 28 heavy (non-hydrogen) atoms. The van der Waals surface area contributed by atoms with E-state index >= 15 is 0 Å². The zero-order chi connectivity index (χ0) is 20.4. The summed E-state index contributed by atoms with van der Waals surface area (Å²) < 4.78 is 17.6. The van der Waals surface area contributed by atoms with Gasteiger partial charge < -0.3 is 29.3 Å². The van der Waals surface area contributed by atoms with Crippen LogP contribution in [0.25, 0.3) is 0 Å². The second-order valence-corrected chi connectivity index (χ2v) is 7.26. The first-order valence-corrected chi connectivity index (χ1v) is 9.08. The van der Waals surface area contributed by atoms with Crippen LogP contribution in [-0.4, -0.2) is 73.3 Å². The van der Waals surface area contributed by atoms with E-state index in [0.717, 1.165) is 25.3 Å². The Bertz CT molecular complexity index is 756. The number of likely N-dealkylation sites (tertiary alicyclic amines) is 1. The van der Waals surface area contributed by atoms with Crippen molar-refractivity contribution >= 4 is 11.9 Å². The Morgan fingerprint density at radius 2 is 1.86 bits per heavy atom. The zero-order valence-corrected chi connectivity index (χ0v) is 16.0. The molecule has 152 valence electrons. The van der Waals surface area contributed by atoms with E-state index in [0.29, 0.717) is 31.3 Å². The van der Waals surface area contributed by atoms with E-state index in [9.17, 15) is 9.59 Å². The van der Waals surface area contributed by atoms with Crippen molar-refractivity contribution in [1.82, 2.24) is 4.90 Å². The molecule has 2 heterocycles. The third kappa shape index (κ3) is 3.50. The van der Waals surface area contributed by atoms with Crippen molar-refractivity contribution in [2.45, 2.75) is 17.6 Å². The number of methoxy groups -OCH3 is 1. The molecule has 8 heteroatoms. The van der Waals surface area contributed by atoms with Gasteiger partial charge in [-0.25, -0.2) is 9.59 Å². The van der Waals surface area contributed by atoms with Gasteiger partial charge in [-0.05, 0) is 30.7 Å². The van der Waals surface area contributed by atoms with Gasteiger partial charge in [0.1, 0.15) is 5.75 Å². The highest BCUT2D eigenvalue weighted by Crippen LogP contribution is 2.63. The second kappa shape index (κ2) is 7.90. The Kier molecular flexibility index (Phi) is 5.74. The smallest absolute Gasteiger partial charge is 0.328 e. The monoisotopic (exact) mass is 391 g/mol. The van der Waals surface area contributed by atoms with Crippen LogP contribution in [0.5, 0.6) is 5.75 Å². The summed E-state index contributed by atoms with van der Waals surface area (Å²) in [5, 5.41) is 15.6. The van der Waals surface area contributed by atoms with Gasteiger partial charge >= 0.3 is 11.9 Å². The van der Waals surface area contributed by atoms with Crippen LogP contribution in [0.1, 0.15) is 12.0 Å². The standard InChI is InChI=1S/C16H21NO3.C4H4O4/c1-17-10-13-9-16(19-6-7-20-16)15(13,11-17)12-4-3-5-14(8-12)18-2;5-3(6)1-2-4(7)8/h3-5,8,13H,6-7,9-11H2,1-2H3;1-2H,(H,5,6)(H,7,8)/b;2-1+. The Balaban J connectivity index is 0.000000242. The summed E-state index contributed by atoms with van der Waals surface area (Å²) in [5.41, 5.74) is 1.26. The highest BCUT2D eigenvalue weighted by molar-refractivity contribution is 5.89. The van der Waals surface area contributed by atoms with Crippen LogP contribution in [0.15, 0.2) is 36.4 Å². The maximum absolute atomic E-state index is 9.55. The Morgan fingerprint density at radius 3 is 2.39 bits per heavy atom. The molecule has 3 aliphatic rings. The number of carbonyl (C=O) groups is 2. The van der Waals surface area contributed by atoms with E-state index < -0.39 is 17.7 Å². The van der Waals surface area contributed by atoms with Gasteiger partial charge in [-0.15, -0.1) is 0 Å². The number of ether oxygens (including phenoxy) is 3. The van der Waals surface area contributed by atoms with Gasteiger partial charge in [-0.2, -0.15) is 0 Å². The van der Waals surface area contributed by atoms with Crippen LogP contribution in [0.4, 0.5) is 0 Å². The normalized spacial score (nSPS) is 27.7. The van der Waals surface area contributed by atoms with E-state index in [1.54, 1.807) is 7.11 Å². The molecule has 1 aromatic rings. The third-order valence-corrected chi connectivity index (χ3v) is 5.65. The van der Waals surface area contributed by atoms with Crippen molar-refractivity contribution in [1.29, 1.82) is 0 Å². The molecular formula is C20H25NO7. The van der Waals surface area contributed by atoms with Crippen molar-refractivity contribution in [3.8, 4) is 5.75 Å². The fraction of sp³-hybridized carbons (Fsp3) is 0.500. The number of carboxylic acid groups (broad SMARTS) is 2. The summed E-state index contributed by atoms with van der Waals surface area (Å²) in [6, 6.07) is 8.41. The van der Waals surface area contributed by atoms with Crippen LogP contribution in [0.3, 0.4) is 0 Å². The van der Waals surface area contributed by atoms with Crippen molar-refractivity contribution in [3.63, 3.8) is 0 Å². The van der Waals surface area contributed by atoms with E-state index in [2.05, 4.69) is 30.1 Å². The number of rotatable bonds is 4. The molecule has 1 aliphatic carbocycles. The highest BCUT2D eigenvalue weighted by atomic mass is 16.7. The number of hydrogen-bond donors (Lipinski definition) is 2. The molecular weight excluding hydrogens is 366 g/mol. The molecule has 2 saturated heterocycles. The predicted octanol–water partition coefficient (Wildman–Crippen LogP) is 1.35. The maximum atomic E-state index is 9.55. The van der Waals surface area contributed by atoms with Crippen LogP contribution in [0.2, 0.25) is 0 Å². The molecule has 1 spiro atoms. The molecule has 0 aromatic heterocycles. The van der Waals surface area contributed by atoms with Crippen LogP contribution in [0, 0.1) is 5.92 Å². The van der Waals surface area contributed by atoms with Crippen molar-refractivity contribution in [2.24, 2.45) is 5.92 Å². The zero-order valence-electron chi connectivity index (χ0n) is 16.0. The van der Waals surface area contributed by atoms with Gasteiger partial charge in [0.15, 0.2) is 5.79 Å². The molecule has 2 N–H and O–H groups in total. The van der Waals surface area contributed by atoms with Crippen molar-refractivity contribution in [3.05, 3.63) is 42.0 Å². The summed E-state index contributed by atoms with van der Waals surface area (Å²) in [6.07, 6.45) is 2.12. The first-order chi connectivity index (χ1) is 13.3. The number of carboxylic acids is 2. The SMILES string of the molecule is COc1cccc(C23CN(C)CC2CC32OCCO2)c1.O=C(O)/C=C/C(=O)O. The van der Waals surface area contributed by atoms with E-state index in [1.165, 1.54) is 5.56 Å². The first kappa shape index (κ1) is 20.3. The van der Waals surface area contributed by atoms with E-state index in [4.69, 9.17) is 24.4 Å². The number of aliphatic carboxylic acids is 2. The Hall–Kier alpha value is -2.42. The number of fused-ring (bicyclic) bond motifs is 2. The molecule has 1 aromatic carbocycles. The number of likely N-dealkylation sites (N-methyl/N-ethyl adjacent to an activating group) is 1. The summed E-state index contributed by atoms with van der Waals surface area (Å²) in [5.74, 6) is -1.41. The topological polar surface area (TPSA) is 106 Å². The van der Waals surface area contributed by atoms with Crippen LogP contribution < -0.4 is 4.74 Å². The fourth-order valence-electron chi connectivity index (χ4n) is 4.62. The molecule has 0 amide bonds. The Labute approximate surface area is 163 Å². The van der Waals surface area contributed by atoms with Gasteiger partial charge in [0.05, 0.1) is 25.7 Å². The van der Waals surface area contributed by atoms with E-state index in [-0.39, 0.29) is 5.41 Å². The van der Waals surface area contributed by atoms with Gasteiger partial charge in [0, 0.05) is 31.7 Å². The molecule has 1 saturated carbocycles. The molecule has 4 rings (SSSR count). The molecule has 2 aliphatic heterocycles. The summed E-state index contributed by atoms with van der Waals surface area (Å²) in [4.78, 5) is 21.5. The van der Waals surface area contributed by atoms with Crippen LogP contribution >= 0.6 is 0 Å². The van der Waals surface area contributed by atoms with Gasteiger partial charge in [-0.3, -0.25) is 0 Å². The lowest BCUT2D eigenvalue weighted by molar-refractivity contribution is -0.279. The molecule has 0 bridgehead atoms. The van der Waals surface area contributed by atoms with Crippen LogP contribution in [-0.2, 0) is 24.5 Å². The fourth-order valence-corrected chi connectivity index (χ4v) is 4.62. The minimum Gasteiger partial charge on any atom is -0.497 e. The summed E-state index contributed by atoms with van der Waals surface area (Å²) in [6.45, 7) is 3.53. The van der Waals surface area contributed by atoms with Gasteiger partial charge in [0.25, 0.3) is 0 Å². The average Bonchev–Trinajstić information content (AvgIpc) is 3.25. The molecule has 2 unspecified atom stereocenters. The molecule has 8 nitrogen and oxygen atoms in total. The first-order valence-electron chi connectivity index (χ1n) is 9.08. The highest BCUT2D eigenvalue weighted by Gasteiger charge is 2.72. The third-order valence-electron chi connectivity index (χ3n) is 5.65. The molecule has 0 radical (unpaired) electrons. The average molecular weight is 391 g/mol. The lowest BCUT2D eigenvalue weighted by Gasteiger charge is -2.57. The second-order valence-electron chi connectivity index (χ2n) is 7.26. The number of nitrogens with zero attached hydrogens (tertiary/aromatic N) is 1. The lowest BCUT2D eigenvalue weighted by Crippen LogP contribution is -2.67.